The zero-order chi connectivity index (χ0) is 26.3. The zero-order valence-electron chi connectivity index (χ0n) is 22.8. The third-order valence-electron chi connectivity index (χ3n) is 7.64. The van der Waals surface area contributed by atoms with Gasteiger partial charge in [-0.2, -0.15) is 5.26 Å². The monoisotopic (exact) mass is 504 g/mol. The molecule has 1 heterocycles. The molecule has 1 aromatic heterocycles. The van der Waals surface area contributed by atoms with Crippen LogP contribution in [0.3, 0.4) is 0 Å². The van der Waals surface area contributed by atoms with Crippen molar-refractivity contribution in [3.8, 4) is 28.8 Å². The molecule has 5 nitrogen and oxygen atoms in total. The predicted molar refractivity (Wildman–Crippen MR) is 148 cm³/mol. The Hall–Kier alpha value is -2.87. The van der Waals surface area contributed by atoms with Crippen LogP contribution in [0.5, 0.6) is 11.5 Å². The van der Waals surface area contributed by atoms with E-state index in [1.807, 2.05) is 36.4 Å². The van der Waals surface area contributed by atoms with E-state index in [9.17, 15) is 10.1 Å². The van der Waals surface area contributed by atoms with Gasteiger partial charge in [-0.1, -0.05) is 65.2 Å². The molecule has 0 saturated heterocycles. The number of esters is 1. The molecule has 0 aliphatic heterocycles. The van der Waals surface area contributed by atoms with Crippen molar-refractivity contribution in [2.45, 2.75) is 104 Å². The van der Waals surface area contributed by atoms with Crippen LogP contribution in [0.25, 0.3) is 11.3 Å². The number of pyridine rings is 1. The fourth-order valence-corrected chi connectivity index (χ4v) is 5.14. The van der Waals surface area contributed by atoms with Gasteiger partial charge in [-0.15, -0.1) is 0 Å². The first kappa shape index (κ1) is 28.7. The minimum Gasteiger partial charge on any atom is -0.492 e. The van der Waals surface area contributed by atoms with Gasteiger partial charge in [0.2, 0.25) is 0 Å². The Labute approximate surface area is 223 Å². The summed E-state index contributed by atoms with van der Waals surface area (Å²) in [5.41, 5.74) is 1.56. The number of nitrogens with zero attached hydrogens (tertiary/aromatic N) is 2. The summed E-state index contributed by atoms with van der Waals surface area (Å²) in [7, 11) is 0. The fourth-order valence-electron chi connectivity index (χ4n) is 5.14. The minimum atomic E-state index is -0.257. The molecule has 37 heavy (non-hydrogen) atoms. The van der Waals surface area contributed by atoms with Gasteiger partial charge >= 0.3 is 5.97 Å². The molecule has 1 aliphatic carbocycles. The number of ether oxygens (including phenoxy) is 2. The van der Waals surface area contributed by atoms with Gasteiger partial charge in [0.05, 0.1) is 35.9 Å². The first-order valence-corrected chi connectivity index (χ1v) is 14.4. The molecule has 1 saturated carbocycles. The molecule has 1 fully saturated rings. The minimum absolute atomic E-state index is 0.127. The highest BCUT2D eigenvalue weighted by molar-refractivity contribution is 5.75. The molecule has 5 heteroatoms. The van der Waals surface area contributed by atoms with E-state index in [0.717, 1.165) is 68.6 Å². The normalized spacial score (nSPS) is 19.2. The molecule has 0 spiro atoms. The summed E-state index contributed by atoms with van der Waals surface area (Å²) in [5.74, 6) is 1.03. The number of nitriles is 1. The lowest BCUT2D eigenvalue weighted by molar-refractivity contribution is -0.140. The first-order valence-electron chi connectivity index (χ1n) is 14.4. The lowest BCUT2D eigenvalue weighted by Crippen LogP contribution is -2.31. The van der Waals surface area contributed by atoms with Crippen LogP contribution < -0.4 is 9.47 Å². The van der Waals surface area contributed by atoms with Crippen LogP contribution in [0.4, 0.5) is 0 Å². The van der Waals surface area contributed by atoms with Crippen molar-refractivity contribution < 1.29 is 14.3 Å². The Morgan fingerprint density at radius 2 is 1.57 bits per heavy atom. The molecule has 0 unspecified atom stereocenters. The smallest absolute Gasteiger partial charge is 0.314 e. The molecule has 0 radical (unpaired) electrons. The Bertz CT molecular complexity index is 971. The summed E-state index contributed by atoms with van der Waals surface area (Å²) < 4.78 is 11.5. The number of carbonyl (C=O) groups excluding carboxylic acids is 1. The quantitative estimate of drug-likeness (QED) is 0.138. The second-order valence-electron chi connectivity index (χ2n) is 10.6. The summed E-state index contributed by atoms with van der Waals surface area (Å²) in [6, 6.07) is 14.0. The maximum Gasteiger partial charge on any atom is 0.314 e. The van der Waals surface area contributed by atoms with Gasteiger partial charge in [-0.3, -0.25) is 9.78 Å². The SMILES string of the molecule is CCCCCCCC1(C#N)CCC(C(=O)Oc2ccc(-c3ccc(OCCCCCC)cn3)cc2)CC1. The molecular formula is C32H44N2O3. The molecule has 1 aromatic carbocycles. The molecule has 1 aliphatic rings. The van der Waals surface area contributed by atoms with E-state index >= 15 is 0 Å². The lowest BCUT2D eigenvalue weighted by atomic mass is 9.69. The maximum atomic E-state index is 12.8. The van der Waals surface area contributed by atoms with Gasteiger partial charge in [-0.25, -0.2) is 0 Å². The zero-order valence-corrected chi connectivity index (χ0v) is 22.8. The molecule has 3 rings (SSSR count). The van der Waals surface area contributed by atoms with Crippen LogP contribution in [0, 0.1) is 22.7 Å². The highest BCUT2D eigenvalue weighted by atomic mass is 16.5. The topological polar surface area (TPSA) is 72.2 Å². The Balaban J connectivity index is 1.44. The molecule has 0 atom stereocenters. The fraction of sp³-hybridized carbons (Fsp3) is 0.594. The van der Waals surface area contributed by atoms with Gasteiger partial charge in [0.15, 0.2) is 0 Å². The number of unbranched alkanes of at least 4 members (excludes halogenated alkanes) is 7. The third-order valence-corrected chi connectivity index (χ3v) is 7.64. The van der Waals surface area contributed by atoms with Crippen LogP contribution in [0.1, 0.15) is 104 Å². The summed E-state index contributed by atoms with van der Waals surface area (Å²) in [4.78, 5) is 17.3. The van der Waals surface area contributed by atoms with E-state index in [1.54, 1.807) is 6.20 Å². The average Bonchev–Trinajstić information content (AvgIpc) is 2.94. The van der Waals surface area contributed by atoms with E-state index < -0.39 is 0 Å². The van der Waals surface area contributed by atoms with Gasteiger partial charge in [0, 0.05) is 5.56 Å². The first-order chi connectivity index (χ1) is 18.1. The van der Waals surface area contributed by atoms with E-state index in [0.29, 0.717) is 5.75 Å². The summed E-state index contributed by atoms with van der Waals surface area (Å²) in [6.45, 7) is 5.14. The summed E-state index contributed by atoms with van der Waals surface area (Å²) in [6.07, 6.45) is 16.5. The number of benzene rings is 1. The van der Waals surface area contributed by atoms with Crippen LogP contribution in [-0.2, 0) is 4.79 Å². The van der Waals surface area contributed by atoms with Crippen molar-refractivity contribution in [3.05, 3.63) is 42.6 Å². The van der Waals surface area contributed by atoms with Crippen molar-refractivity contribution in [2.75, 3.05) is 6.61 Å². The second kappa shape index (κ2) is 15.4. The number of rotatable bonds is 15. The third kappa shape index (κ3) is 9.18. The molecule has 2 aromatic rings. The Morgan fingerprint density at radius 1 is 0.919 bits per heavy atom. The second-order valence-corrected chi connectivity index (χ2v) is 10.6. The van der Waals surface area contributed by atoms with E-state index in [2.05, 4.69) is 24.9 Å². The molecule has 200 valence electrons. The van der Waals surface area contributed by atoms with Gasteiger partial charge in [0.25, 0.3) is 0 Å². The van der Waals surface area contributed by atoms with Crippen molar-refractivity contribution in [1.82, 2.24) is 4.98 Å². The average molecular weight is 505 g/mol. The summed E-state index contributed by atoms with van der Waals surface area (Å²) in [5, 5.41) is 9.83. The van der Waals surface area contributed by atoms with Crippen LogP contribution >= 0.6 is 0 Å². The van der Waals surface area contributed by atoms with E-state index in [1.165, 1.54) is 44.9 Å². The molecule has 0 amide bonds. The molecule has 0 N–H and O–H groups in total. The Morgan fingerprint density at radius 3 is 2.19 bits per heavy atom. The number of hydrogen-bond acceptors (Lipinski definition) is 5. The predicted octanol–water partition coefficient (Wildman–Crippen LogP) is 8.67. The maximum absolute atomic E-state index is 12.8. The van der Waals surface area contributed by atoms with Crippen molar-refractivity contribution in [2.24, 2.45) is 11.3 Å². The van der Waals surface area contributed by atoms with E-state index in [4.69, 9.17) is 9.47 Å². The molecular weight excluding hydrogens is 460 g/mol. The standard InChI is InChI=1S/C32H44N2O3/c1-3-5-7-9-10-20-32(25-33)21-18-27(19-22-32)31(35)37-28-14-12-26(13-15-28)30-17-16-29(24-34-30)36-23-11-8-6-4-2/h12-17,24,27H,3-11,18-23H2,1-2H3. The summed E-state index contributed by atoms with van der Waals surface area (Å²) >= 11 is 0. The number of aromatic nitrogens is 1. The highest BCUT2D eigenvalue weighted by Gasteiger charge is 2.37. The van der Waals surface area contributed by atoms with Gasteiger partial charge < -0.3 is 9.47 Å². The molecule has 0 bridgehead atoms. The highest BCUT2D eigenvalue weighted by Crippen LogP contribution is 2.43. The largest absolute Gasteiger partial charge is 0.492 e. The van der Waals surface area contributed by atoms with Gasteiger partial charge in [-0.05, 0) is 74.9 Å². The van der Waals surface area contributed by atoms with Crippen LogP contribution in [-0.4, -0.2) is 17.6 Å². The van der Waals surface area contributed by atoms with Crippen molar-refractivity contribution in [1.29, 1.82) is 5.26 Å². The van der Waals surface area contributed by atoms with Crippen LogP contribution in [0.2, 0.25) is 0 Å². The van der Waals surface area contributed by atoms with Gasteiger partial charge in [0.1, 0.15) is 11.5 Å². The van der Waals surface area contributed by atoms with Crippen molar-refractivity contribution in [3.63, 3.8) is 0 Å². The number of carbonyl (C=O) groups is 1. The van der Waals surface area contributed by atoms with E-state index in [-0.39, 0.29) is 17.3 Å². The Kier molecular flexibility index (Phi) is 11.9. The van der Waals surface area contributed by atoms with Crippen molar-refractivity contribution >= 4 is 5.97 Å². The lowest BCUT2D eigenvalue weighted by Gasteiger charge is -2.34. The number of hydrogen-bond donors (Lipinski definition) is 0. The van der Waals surface area contributed by atoms with Crippen LogP contribution in [0.15, 0.2) is 42.6 Å².